The summed E-state index contributed by atoms with van der Waals surface area (Å²) < 4.78 is 28.3. The number of aryl methyl sites for hydroxylation is 1. The van der Waals surface area contributed by atoms with Gasteiger partial charge in [-0.25, -0.2) is 8.42 Å². The number of benzene rings is 1. The maximum absolute atomic E-state index is 11.8. The van der Waals surface area contributed by atoms with E-state index in [-0.39, 0.29) is 12.1 Å². The second kappa shape index (κ2) is 9.71. The first kappa shape index (κ1) is 24.0. The van der Waals surface area contributed by atoms with Crippen molar-refractivity contribution in [2.24, 2.45) is 0 Å². The monoisotopic (exact) mass is 518 g/mol. The average Bonchev–Trinajstić information content (AvgIpc) is 3.44. The number of hydrogen-bond donors (Lipinski definition) is 2. The van der Waals surface area contributed by atoms with Crippen molar-refractivity contribution in [1.82, 2.24) is 19.9 Å². The van der Waals surface area contributed by atoms with Crippen LogP contribution in [0.2, 0.25) is 0 Å². The van der Waals surface area contributed by atoms with E-state index in [4.69, 9.17) is 12.2 Å². The Balaban J connectivity index is 1.58. The van der Waals surface area contributed by atoms with Gasteiger partial charge in [-0.2, -0.15) is 0 Å². The van der Waals surface area contributed by atoms with Gasteiger partial charge in [-0.1, -0.05) is 12.1 Å². The largest absolute Gasteiger partial charge is 0.351 e. The molecule has 0 aliphatic carbocycles. The molecule has 0 spiro atoms. The van der Waals surface area contributed by atoms with Gasteiger partial charge < -0.3 is 14.8 Å². The number of aromatic nitrogens is 3. The molecule has 10 heteroatoms. The van der Waals surface area contributed by atoms with Crippen LogP contribution in [0.25, 0.3) is 0 Å². The Morgan fingerprint density at radius 1 is 1.03 bits per heavy atom. The first-order valence-electron chi connectivity index (χ1n) is 11.4. The number of sulfonamides is 1. The van der Waals surface area contributed by atoms with E-state index in [0.29, 0.717) is 17.3 Å². The van der Waals surface area contributed by atoms with Crippen LogP contribution in [-0.2, 0) is 16.6 Å². The summed E-state index contributed by atoms with van der Waals surface area (Å²) in [6.07, 6.45) is 6.76. The summed E-state index contributed by atoms with van der Waals surface area (Å²) in [5.41, 5.74) is 5.08. The van der Waals surface area contributed by atoms with Gasteiger partial charge in [0.2, 0.25) is 10.0 Å². The van der Waals surface area contributed by atoms with Crippen LogP contribution >= 0.6 is 12.2 Å². The van der Waals surface area contributed by atoms with E-state index in [0.717, 1.165) is 34.6 Å². The molecule has 1 aliphatic rings. The number of anilines is 2. The van der Waals surface area contributed by atoms with Gasteiger partial charge in [-0.05, 0) is 79.3 Å². The van der Waals surface area contributed by atoms with Crippen LogP contribution in [-0.4, -0.2) is 34.3 Å². The minimum atomic E-state index is -3.39. The Hall–Kier alpha value is -3.76. The van der Waals surface area contributed by atoms with Gasteiger partial charge in [0.15, 0.2) is 5.11 Å². The Morgan fingerprint density at radius 2 is 1.81 bits per heavy atom. The summed E-state index contributed by atoms with van der Waals surface area (Å²) in [5, 5.41) is 4.05. The molecule has 1 saturated heterocycles. The number of nitrogens with one attached hydrogen (secondary N) is 2. The molecule has 4 heterocycles. The standard InChI is InChI=1S/C26H26N6O2S2/c1-18-16-20(11-12-21(18)30-36(2,33)34)32-25(24(29-26(32)35)22-9-4-6-14-28-22)23-10-7-15-31(23)17-19-8-3-5-13-27-19/h3-16,24-25,30H,17H2,1-2H3,(H,29,35)/t24-,25-/m0/s1. The fraction of sp³-hybridized carbons (Fsp3) is 0.192. The lowest BCUT2D eigenvalue weighted by Gasteiger charge is -2.29. The number of hydrogen-bond acceptors (Lipinski definition) is 5. The fourth-order valence-corrected chi connectivity index (χ4v) is 5.53. The molecule has 5 rings (SSSR count). The summed E-state index contributed by atoms with van der Waals surface area (Å²) in [7, 11) is -3.39. The first-order valence-corrected chi connectivity index (χ1v) is 13.7. The molecule has 8 nitrogen and oxygen atoms in total. The molecule has 0 saturated carbocycles. The summed E-state index contributed by atoms with van der Waals surface area (Å²) in [6.45, 7) is 2.49. The molecular weight excluding hydrogens is 492 g/mol. The van der Waals surface area contributed by atoms with Gasteiger partial charge in [0.1, 0.15) is 6.04 Å². The number of nitrogens with zero attached hydrogens (tertiary/aromatic N) is 4. The smallest absolute Gasteiger partial charge is 0.229 e. The predicted octanol–water partition coefficient (Wildman–Crippen LogP) is 4.18. The van der Waals surface area contributed by atoms with Crippen molar-refractivity contribution in [3.05, 3.63) is 108 Å². The minimum absolute atomic E-state index is 0.190. The molecule has 184 valence electrons. The topological polar surface area (TPSA) is 92.2 Å². The van der Waals surface area contributed by atoms with Crippen LogP contribution in [0.1, 0.15) is 34.7 Å². The van der Waals surface area contributed by atoms with Crippen LogP contribution in [0.4, 0.5) is 11.4 Å². The molecule has 3 aromatic heterocycles. The zero-order valence-corrected chi connectivity index (χ0v) is 21.5. The molecule has 36 heavy (non-hydrogen) atoms. The lowest BCUT2D eigenvalue weighted by Crippen LogP contribution is -2.30. The van der Waals surface area contributed by atoms with E-state index in [2.05, 4.69) is 35.5 Å². The van der Waals surface area contributed by atoms with Crippen LogP contribution < -0.4 is 14.9 Å². The van der Waals surface area contributed by atoms with Crippen LogP contribution in [0.3, 0.4) is 0 Å². The van der Waals surface area contributed by atoms with E-state index in [1.54, 1.807) is 18.5 Å². The quantitative estimate of drug-likeness (QED) is 0.355. The second-order valence-corrected chi connectivity index (χ2v) is 10.9. The fourth-order valence-electron chi connectivity index (χ4n) is 4.55. The number of thiocarbonyl (C=S) groups is 1. The maximum atomic E-state index is 11.8. The lowest BCUT2D eigenvalue weighted by atomic mass is 10.0. The lowest BCUT2D eigenvalue weighted by molar-refractivity contribution is 0.532. The van der Waals surface area contributed by atoms with Crippen molar-refractivity contribution >= 4 is 38.7 Å². The van der Waals surface area contributed by atoms with E-state index in [1.165, 1.54) is 0 Å². The highest BCUT2D eigenvalue weighted by atomic mass is 32.2. The van der Waals surface area contributed by atoms with Gasteiger partial charge in [-0.3, -0.25) is 14.7 Å². The minimum Gasteiger partial charge on any atom is -0.351 e. The van der Waals surface area contributed by atoms with Crippen LogP contribution in [0, 0.1) is 6.92 Å². The molecule has 2 atom stereocenters. The number of pyridine rings is 2. The predicted molar refractivity (Wildman–Crippen MR) is 145 cm³/mol. The normalized spacial score (nSPS) is 17.7. The van der Waals surface area contributed by atoms with Gasteiger partial charge in [-0.15, -0.1) is 0 Å². The van der Waals surface area contributed by atoms with Crippen molar-refractivity contribution in [3.8, 4) is 0 Å². The molecule has 1 aliphatic heterocycles. The Bertz CT molecular complexity index is 1490. The third-order valence-electron chi connectivity index (χ3n) is 6.11. The third kappa shape index (κ3) is 4.95. The summed E-state index contributed by atoms with van der Waals surface area (Å²) in [6, 6.07) is 21.1. The van der Waals surface area contributed by atoms with Crippen molar-refractivity contribution in [2.75, 3.05) is 15.9 Å². The van der Waals surface area contributed by atoms with Crippen molar-refractivity contribution in [2.45, 2.75) is 25.6 Å². The molecule has 4 aromatic rings. The molecule has 1 fully saturated rings. The summed E-state index contributed by atoms with van der Waals surface area (Å²) >= 11 is 5.84. The molecule has 1 aromatic carbocycles. The van der Waals surface area contributed by atoms with E-state index in [9.17, 15) is 8.42 Å². The van der Waals surface area contributed by atoms with Gasteiger partial charge >= 0.3 is 0 Å². The van der Waals surface area contributed by atoms with Crippen molar-refractivity contribution in [1.29, 1.82) is 0 Å². The third-order valence-corrected chi connectivity index (χ3v) is 7.01. The molecule has 0 radical (unpaired) electrons. The second-order valence-electron chi connectivity index (χ2n) is 8.75. The van der Waals surface area contributed by atoms with Crippen LogP contribution in [0.5, 0.6) is 0 Å². The van der Waals surface area contributed by atoms with E-state index in [1.807, 2.05) is 67.7 Å². The molecule has 0 amide bonds. The maximum Gasteiger partial charge on any atom is 0.229 e. The Labute approximate surface area is 216 Å². The first-order chi connectivity index (χ1) is 17.3. The molecular formula is C26H26N6O2S2. The SMILES string of the molecule is Cc1cc(N2C(=S)N[C@@H](c3ccccn3)[C@@H]2c2cccn2Cc2ccccn2)ccc1NS(C)(=O)=O. The zero-order chi connectivity index (χ0) is 25.3. The Morgan fingerprint density at radius 3 is 2.47 bits per heavy atom. The molecule has 0 bridgehead atoms. The Kier molecular flexibility index (Phi) is 6.46. The van der Waals surface area contributed by atoms with Gasteiger partial charge in [0.25, 0.3) is 0 Å². The zero-order valence-electron chi connectivity index (χ0n) is 19.9. The number of rotatable bonds is 7. The highest BCUT2D eigenvalue weighted by molar-refractivity contribution is 7.92. The van der Waals surface area contributed by atoms with Crippen molar-refractivity contribution < 1.29 is 8.42 Å². The summed E-state index contributed by atoms with van der Waals surface area (Å²) in [5.74, 6) is 0. The van der Waals surface area contributed by atoms with Gasteiger partial charge in [0, 0.05) is 30.0 Å². The molecule has 2 N–H and O–H groups in total. The van der Waals surface area contributed by atoms with E-state index < -0.39 is 10.0 Å². The van der Waals surface area contributed by atoms with Gasteiger partial charge in [0.05, 0.1) is 35.9 Å². The summed E-state index contributed by atoms with van der Waals surface area (Å²) in [4.78, 5) is 11.2. The van der Waals surface area contributed by atoms with Crippen molar-refractivity contribution in [3.63, 3.8) is 0 Å². The molecule has 0 unspecified atom stereocenters. The van der Waals surface area contributed by atoms with E-state index >= 15 is 0 Å². The van der Waals surface area contributed by atoms with Crippen LogP contribution in [0.15, 0.2) is 85.3 Å². The average molecular weight is 519 g/mol. The highest BCUT2D eigenvalue weighted by Gasteiger charge is 2.42. The highest BCUT2D eigenvalue weighted by Crippen LogP contribution is 2.42.